The van der Waals surface area contributed by atoms with Crippen molar-refractivity contribution in [3.63, 3.8) is 0 Å². The number of aromatic nitrogens is 3. The van der Waals surface area contributed by atoms with Crippen molar-refractivity contribution in [3.05, 3.63) is 53.5 Å². The summed E-state index contributed by atoms with van der Waals surface area (Å²) in [5.74, 6) is -0.255. The van der Waals surface area contributed by atoms with Crippen molar-refractivity contribution in [2.75, 3.05) is 37.6 Å². The number of amides is 3. The topological polar surface area (TPSA) is 117 Å². The van der Waals surface area contributed by atoms with E-state index in [9.17, 15) is 14.4 Å². The van der Waals surface area contributed by atoms with Crippen LogP contribution < -0.4 is 10.2 Å². The van der Waals surface area contributed by atoms with E-state index in [2.05, 4.69) is 20.5 Å². The number of carbonyl (C=O) groups excluding carboxylic acids is 3. The van der Waals surface area contributed by atoms with Crippen LogP contribution in [0.5, 0.6) is 0 Å². The lowest BCUT2D eigenvalue weighted by molar-refractivity contribution is -0.138. The Labute approximate surface area is 238 Å². The van der Waals surface area contributed by atoms with Crippen molar-refractivity contribution in [1.82, 2.24) is 30.1 Å². The van der Waals surface area contributed by atoms with Gasteiger partial charge >= 0.3 is 0 Å². The Morgan fingerprint density at radius 2 is 1.93 bits per heavy atom. The van der Waals surface area contributed by atoms with Gasteiger partial charge in [0.2, 0.25) is 5.91 Å². The van der Waals surface area contributed by atoms with Gasteiger partial charge in [0.25, 0.3) is 11.8 Å². The van der Waals surface area contributed by atoms with E-state index in [0.29, 0.717) is 51.2 Å². The van der Waals surface area contributed by atoms with Gasteiger partial charge in [-0.2, -0.15) is 5.10 Å². The fourth-order valence-corrected chi connectivity index (χ4v) is 7.53. The highest BCUT2D eigenvalue weighted by Gasteiger charge is 2.67. The molecule has 0 radical (unpaired) electrons. The molecular weight excluding hydrogens is 522 g/mol. The molecule has 7 rings (SSSR count). The zero-order chi connectivity index (χ0) is 28.3. The predicted octanol–water partition coefficient (Wildman–Crippen LogP) is 2.46. The number of aryl methyl sites for hydroxylation is 1. The van der Waals surface area contributed by atoms with Crippen LogP contribution in [0.4, 0.5) is 5.69 Å². The van der Waals surface area contributed by atoms with E-state index in [4.69, 9.17) is 4.52 Å². The molecule has 0 saturated carbocycles. The summed E-state index contributed by atoms with van der Waals surface area (Å²) in [5, 5.41) is 11.5. The van der Waals surface area contributed by atoms with Gasteiger partial charge in [-0.05, 0) is 51.6 Å². The van der Waals surface area contributed by atoms with E-state index < -0.39 is 11.5 Å². The van der Waals surface area contributed by atoms with Crippen LogP contribution in [0.25, 0.3) is 11.3 Å². The first-order chi connectivity index (χ1) is 19.9. The standard InChI is InChI=1S/C30H35N7O4/c1-19-21(18-32-34(19)2)26-17-24(33-41-26)28(39)35-12-6-11-31-27(38)23-16-20-8-5-15-37(20)30(23)22-9-3-4-10-25(22)36(29(30)40)14-7-13-35/h3-4,9-10,17-18,20,23H,5-8,11-16H2,1-2H3,(H,31,38)/t20-,23-,30+/m0/s1. The van der Waals surface area contributed by atoms with Crippen LogP contribution in [0.1, 0.15) is 53.8 Å². The van der Waals surface area contributed by atoms with Crippen molar-refractivity contribution >= 4 is 23.4 Å². The van der Waals surface area contributed by atoms with Crippen molar-refractivity contribution < 1.29 is 18.9 Å². The summed E-state index contributed by atoms with van der Waals surface area (Å²) in [7, 11) is 1.85. The molecule has 11 nitrogen and oxygen atoms in total. The second-order valence-electron chi connectivity index (χ2n) is 11.7. The first kappa shape index (κ1) is 25.9. The van der Waals surface area contributed by atoms with E-state index in [0.717, 1.165) is 41.9 Å². The number of hydrogen-bond donors (Lipinski definition) is 1. The number of nitrogens with zero attached hydrogens (tertiary/aromatic N) is 6. The van der Waals surface area contributed by atoms with Crippen LogP contribution in [-0.4, -0.2) is 81.2 Å². The second-order valence-corrected chi connectivity index (χ2v) is 11.7. The minimum absolute atomic E-state index is 0.00615. The molecule has 214 valence electrons. The average molecular weight is 558 g/mol. The van der Waals surface area contributed by atoms with Gasteiger partial charge in [-0.3, -0.25) is 24.0 Å². The number of anilines is 1. The Bertz CT molecular complexity index is 1530. The molecule has 2 aromatic heterocycles. The van der Waals surface area contributed by atoms with Gasteiger partial charge in [0.15, 0.2) is 11.5 Å². The van der Waals surface area contributed by atoms with Gasteiger partial charge in [-0.15, -0.1) is 0 Å². The zero-order valence-electron chi connectivity index (χ0n) is 23.5. The van der Waals surface area contributed by atoms with Crippen LogP contribution in [0.3, 0.4) is 0 Å². The molecule has 1 spiro atoms. The largest absolute Gasteiger partial charge is 0.356 e. The van der Waals surface area contributed by atoms with Crippen molar-refractivity contribution in [3.8, 4) is 11.3 Å². The Hall–Kier alpha value is -3.99. The van der Waals surface area contributed by atoms with E-state index in [-0.39, 0.29) is 29.5 Å². The molecule has 2 bridgehead atoms. The van der Waals surface area contributed by atoms with E-state index in [1.54, 1.807) is 21.8 Å². The molecule has 0 unspecified atom stereocenters. The maximum absolute atomic E-state index is 14.5. The summed E-state index contributed by atoms with van der Waals surface area (Å²) >= 11 is 0. The van der Waals surface area contributed by atoms with Gasteiger partial charge < -0.3 is 19.6 Å². The first-order valence-corrected chi connectivity index (χ1v) is 14.6. The number of fused-ring (bicyclic) bond motifs is 4. The average Bonchev–Trinajstić information content (AvgIpc) is 3.78. The Kier molecular flexibility index (Phi) is 6.22. The number of rotatable bonds is 2. The summed E-state index contributed by atoms with van der Waals surface area (Å²) in [4.78, 5) is 47.7. The smallest absolute Gasteiger partial charge is 0.276 e. The Morgan fingerprint density at radius 3 is 2.76 bits per heavy atom. The van der Waals surface area contributed by atoms with Gasteiger partial charge in [0, 0.05) is 62.3 Å². The monoisotopic (exact) mass is 557 g/mol. The lowest BCUT2D eigenvalue weighted by atomic mass is 9.78. The minimum atomic E-state index is -0.951. The van der Waals surface area contributed by atoms with Gasteiger partial charge in [-0.1, -0.05) is 23.4 Å². The summed E-state index contributed by atoms with van der Waals surface area (Å²) in [6.07, 6.45) is 5.65. The number of para-hydroxylation sites is 1. The highest BCUT2D eigenvalue weighted by atomic mass is 16.5. The lowest BCUT2D eigenvalue weighted by Crippen LogP contribution is -2.56. The molecule has 4 aliphatic heterocycles. The number of benzene rings is 1. The van der Waals surface area contributed by atoms with E-state index in [1.165, 1.54) is 0 Å². The minimum Gasteiger partial charge on any atom is -0.356 e. The summed E-state index contributed by atoms with van der Waals surface area (Å²) in [6.45, 7) is 4.56. The van der Waals surface area contributed by atoms with Crippen LogP contribution >= 0.6 is 0 Å². The molecule has 3 aromatic rings. The number of carbonyl (C=O) groups is 3. The van der Waals surface area contributed by atoms with Gasteiger partial charge in [0.1, 0.15) is 5.54 Å². The van der Waals surface area contributed by atoms with Crippen molar-refractivity contribution in [1.29, 1.82) is 0 Å². The maximum Gasteiger partial charge on any atom is 0.276 e. The SMILES string of the molecule is Cc1c(-c2cc(C(=O)N3CCCNC(=O)[C@@H]4C[C@@H]5CCCN5[C@@]45C(=O)N(CCC3)c3ccccc35)no2)cnn1C. The lowest BCUT2D eigenvalue weighted by Gasteiger charge is -2.37. The quantitative estimate of drug-likeness (QED) is 0.515. The van der Waals surface area contributed by atoms with Gasteiger partial charge in [-0.25, -0.2) is 0 Å². The molecule has 3 fully saturated rings. The van der Waals surface area contributed by atoms with Crippen LogP contribution in [-0.2, 0) is 22.2 Å². The number of hydrogen-bond acceptors (Lipinski definition) is 7. The summed E-state index contributed by atoms with van der Waals surface area (Å²) in [5.41, 5.74) is 2.81. The van der Waals surface area contributed by atoms with Crippen LogP contribution in [0.2, 0.25) is 0 Å². The third-order valence-corrected chi connectivity index (χ3v) is 9.57. The molecule has 3 atom stereocenters. The molecule has 1 N–H and O–H groups in total. The highest BCUT2D eigenvalue weighted by Crippen LogP contribution is 2.57. The molecule has 41 heavy (non-hydrogen) atoms. The Balaban J connectivity index is 1.17. The fraction of sp³-hybridized carbons (Fsp3) is 0.500. The van der Waals surface area contributed by atoms with Crippen LogP contribution in [0.15, 0.2) is 41.1 Å². The first-order valence-electron chi connectivity index (χ1n) is 14.6. The predicted molar refractivity (Wildman–Crippen MR) is 150 cm³/mol. The summed E-state index contributed by atoms with van der Waals surface area (Å²) in [6, 6.07) is 9.85. The van der Waals surface area contributed by atoms with E-state index in [1.807, 2.05) is 43.1 Å². The number of nitrogens with one attached hydrogen (secondary N) is 1. The van der Waals surface area contributed by atoms with Crippen molar-refractivity contribution in [2.45, 2.75) is 50.6 Å². The molecular formula is C30H35N7O4. The molecule has 1 aromatic carbocycles. The maximum atomic E-state index is 14.5. The van der Waals surface area contributed by atoms with Crippen molar-refractivity contribution in [2.24, 2.45) is 13.0 Å². The normalized spacial score (nSPS) is 26.6. The third-order valence-electron chi connectivity index (χ3n) is 9.57. The summed E-state index contributed by atoms with van der Waals surface area (Å²) < 4.78 is 7.27. The van der Waals surface area contributed by atoms with Gasteiger partial charge in [0.05, 0.1) is 17.7 Å². The molecule has 3 amide bonds. The molecule has 3 saturated heterocycles. The van der Waals surface area contributed by atoms with Crippen LogP contribution in [0, 0.1) is 12.8 Å². The molecule has 0 aliphatic carbocycles. The Morgan fingerprint density at radius 1 is 1.10 bits per heavy atom. The molecule has 4 aliphatic rings. The molecule has 11 heteroatoms. The second kappa shape index (κ2) is 9.83. The highest BCUT2D eigenvalue weighted by molar-refractivity contribution is 6.11. The van der Waals surface area contributed by atoms with E-state index >= 15 is 0 Å². The molecule has 6 heterocycles. The zero-order valence-corrected chi connectivity index (χ0v) is 23.5. The third kappa shape index (κ3) is 3.85. The fourth-order valence-electron chi connectivity index (χ4n) is 7.53.